The van der Waals surface area contributed by atoms with Gasteiger partial charge in [-0.25, -0.2) is 9.97 Å². The normalized spacial score (nSPS) is 11.5. The minimum atomic E-state index is -4.56. The van der Waals surface area contributed by atoms with E-state index < -0.39 is 17.6 Å². The van der Waals surface area contributed by atoms with Crippen molar-refractivity contribution in [2.75, 3.05) is 12.4 Å². The molecular weight excluding hydrogens is 395 g/mol. The molecule has 3 N–H and O–H groups in total. The number of nitrogens with zero attached hydrogens (tertiary/aromatic N) is 3. The Morgan fingerprint density at radius 2 is 1.89 bits per heavy atom. The summed E-state index contributed by atoms with van der Waals surface area (Å²) < 4.78 is 40.9. The van der Waals surface area contributed by atoms with Crippen LogP contribution in [0.1, 0.15) is 16.1 Å². The third kappa shape index (κ3) is 3.53. The molecule has 0 atom stereocenters. The maximum Gasteiger partial charge on any atom is 0.416 e. The van der Waals surface area contributed by atoms with E-state index in [2.05, 4.69) is 15.3 Å². The highest BCUT2D eigenvalue weighted by Crippen LogP contribution is 2.39. The van der Waals surface area contributed by atoms with Crippen LogP contribution in [0.15, 0.2) is 36.7 Å². The lowest BCUT2D eigenvalue weighted by Crippen LogP contribution is -2.17. The first-order chi connectivity index (χ1) is 13.1. The van der Waals surface area contributed by atoms with Gasteiger partial charge in [0.1, 0.15) is 17.8 Å². The van der Waals surface area contributed by atoms with Gasteiger partial charge in [0.2, 0.25) is 0 Å². The van der Waals surface area contributed by atoms with E-state index in [0.717, 1.165) is 18.2 Å². The molecule has 3 rings (SSSR count). The monoisotopic (exact) mass is 409 g/mol. The number of carbonyl (C=O) groups is 1. The van der Waals surface area contributed by atoms with Crippen LogP contribution in [-0.2, 0) is 13.2 Å². The second-order valence-electron chi connectivity index (χ2n) is 5.95. The maximum absolute atomic E-state index is 13.1. The summed E-state index contributed by atoms with van der Waals surface area (Å²) in [4.78, 5) is 20.3. The standard InChI is InChI=1S/C18H15ClF3N5O/c1-24-15-7-13(25-8-26-15)14-6-11(16(17(23)28)27(14)2)10-5-9(18(20,21)22)3-4-12(10)19/h3-8H,1-2H3,(H2,23,28)(H,24,25,26). The number of benzene rings is 1. The number of carbonyl (C=O) groups excluding carboxylic acids is 1. The Morgan fingerprint density at radius 3 is 2.50 bits per heavy atom. The number of nitrogens with two attached hydrogens (primary N) is 1. The first-order valence-corrected chi connectivity index (χ1v) is 8.38. The minimum Gasteiger partial charge on any atom is -0.373 e. The third-order valence-corrected chi connectivity index (χ3v) is 4.57. The SMILES string of the molecule is CNc1cc(-c2cc(-c3cc(C(F)(F)F)ccc3Cl)c(C(N)=O)n2C)ncn1. The number of nitrogens with one attached hydrogen (secondary N) is 1. The molecule has 2 aromatic heterocycles. The number of hydrogen-bond donors (Lipinski definition) is 2. The first-order valence-electron chi connectivity index (χ1n) is 8.00. The summed E-state index contributed by atoms with van der Waals surface area (Å²) in [7, 11) is 3.25. The molecule has 0 spiro atoms. The number of primary amides is 1. The van der Waals surface area contributed by atoms with Crippen molar-refractivity contribution < 1.29 is 18.0 Å². The Kier molecular flexibility index (Phi) is 5.03. The summed E-state index contributed by atoms with van der Waals surface area (Å²) in [5, 5.41) is 2.93. The number of hydrogen-bond acceptors (Lipinski definition) is 4. The predicted molar refractivity (Wildman–Crippen MR) is 100.0 cm³/mol. The van der Waals surface area contributed by atoms with Crippen LogP contribution < -0.4 is 11.1 Å². The van der Waals surface area contributed by atoms with Crippen molar-refractivity contribution in [3.8, 4) is 22.5 Å². The molecule has 0 unspecified atom stereocenters. The fourth-order valence-corrected chi connectivity index (χ4v) is 3.11. The van der Waals surface area contributed by atoms with Gasteiger partial charge in [-0.2, -0.15) is 13.2 Å². The van der Waals surface area contributed by atoms with Crippen LogP contribution in [0.4, 0.5) is 19.0 Å². The van der Waals surface area contributed by atoms with Gasteiger partial charge in [-0.05, 0) is 24.3 Å². The molecule has 28 heavy (non-hydrogen) atoms. The summed E-state index contributed by atoms with van der Waals surface area (Å²) in [6, 6.07) is 6.08. The topological polar surface area (TPSA) is 85.8 Å². The molecular formula is C18H15ClF3N5O. The molecule has 3 aromatic rings. The quantitative estimate of drug-likeness (QED) is 0.683. The average Bonchev–Trinajstić information content (AvgIpc) is 2.98. The lowest BCUT2D eigenvalue weighted by Gasteiger charge is -2.11. The number of alkyl halides is 3. The molecule has 0 fully saturated rings. The molecule has 0 aliphatic heterocycles. The van der Waals surface area contributed by atoms with Gasteiger partial charge in [0.05, 0.1) is 17.0 Å². The molecule has 0 aliphatic carbocycles. The van der Waals surface area contributed by atoms with E-state index in [1.165, 1.54) is 17.0 Å². The highest BCUT2D eigenvalue weighted by molar-refractivity contribution is 6.33. The average molecular weight is 410 g/mol. The second-order valence-corrected chi connectivity index (χ2v) is 6.35. The Morgan fingerprint density at radius 1 is 1.18 bits per heavy atom. The lowest BCUT2D eigenvalue weighted by atomic mass is 10.0. The van der Waals surface area contributed by atoms with Crippen molar-refractivity contribution in [3.05, 3.63) is 52.9 Å². The van der Waals surface area contributed by atoms with Gasteiger partial charge in [0, 0.05) is 36.3 Å². The molecule has 1 amide bonds. The lowest BCUT2D eigenvalue weighted by molar-refractivity contribution is -0.137. The number of rotatable bonds is 4. The second kappa shape index (κ2) is 7.16. The number of aromatic nitrogens is 3. The van der Waals surface area contributed by atoms with Gasteiger partial charge in [-0.3, -0.25) is 4.79 Å². The molecule has 2 heterocycles. The number of anilines is 1. The van der Waals surface area contributed by atoms with Crippen molar-refractivity contribution in [2.45, 2.75) is 6.18 Å². The Bertz CT molecular complexity index is 1060. The minimum absolute atomic E-state index is 0.0147. The largest absolute Gasteiger partial charge is 0.416 e. The van der Waals surface area contributed by atoms with Gasteiger partial charge in [-0.1, -0.05) is 11.6 Å². The van der Waals surface area contributed by atoms with E-state index in [9.17, 15) is 18.0 Å². The third-order valence-electron chi connectivity index (χ3n) is 4.24. The Labute approximate surface area is 163 Å². The van der Waals surface area contributed by atoms with Crippen molar-refractivity contribution in [1.82, 2.24) is 14.5 Å². The van der Waals surface area contributed by atoms with E-state index in [0.29, 0.717) is 17.2 Å². The van der Waals surface area contributed by atoms with E-state index in [-0.39, 0.29) is 21.8 Å². The van der Waals surface area contributed by atoms with E-state index in [4.69, 9.17) is 17.3 Å². The van der Waals surface area contributed by atoms with Gasteiger partial charge < -0.3 is 15.6 Å². The highest BCUT2D eigenvalue weighted by atomic mass is 35.5. The molecule has 0 radical (unpaired) electrons. The zero-order chi connectivity index (χ0) is 20.6. The van der Waals surface area contributed by atoms with Crippen LogP contribution in [0.2, 0.25) is 5.02 Å². The van der Waals surface area contributed by atoms with E-state index in [1.54, 1.807) is 20.2 Å². The molecule has 146 valence electrons. The molecule has 1 aromatic carbocycles. The summed E-state index contributed by atoms with van der Waals surface area (Å²) in [5.41, 5.74) is 5.80. The number of amides is 1. The summed E-state index contributed by atoms with van der Waals surface area (Å²) >= 11 is 6.15. The summed E-state index contributed by atoms with van der Waals surface area (Å²) in [5.74, 6) is -0.273. The number of halogens is 4. The van der Waals surface area contributed by atoms with Crippen molar-refractivity contribution >= 4 is 23.3 Å². The van der Waals surface area contributed by atoms with Crippen LogP contribution in [0.3, 0.4) is 0 Å². The fourth-order valence-electron chi connectivity index (χ4n) is 2.89. The van der Waals surface area contributed by atoms with Crippen LogP contribution in [-0.4, -0.2) is 27.5 Å². The summed E-state index contributed by atoms with van der Waals surface area (Å²) in [6.45, 7) is 0. The van der Waals surface area contributed by atoms with E-state index >= 15 is 0 Å². The van der Waals surface area contributed by atoms with Crippen molar-refractivity contribution in [3.63, 3.8) is 0 Å². The van der Waals surface area contributed by atoms with Gasteiger partial charge in [0.25, 0.3) is 5.91 Å². The smallest absolute Gasteiger partial charge is 0.373 e. The summed E-state index contributed by atoms with van der Waals surface area (Å²) in [6.07, 6.45) is -3.23. The zero-order valence-corrected chi connectivity index (χ0v) is 15.6. The van der Waals surface area contributed by atoms with Crippen LogP contribution in [0, 0.1) is 0 Å². The molecule has 0 bridgehead atoms. The predicted octanol–water partition coefficient (Wildman–Crippen LogP) is 3.96. The van der Waals surface area contributed by atoms with Crippen LogP contribution >= 0.6 is 11.6 Å². The van der Waals surface area contributed by atoms with Crippen LogP contribution in [0.25, 0.3) is 22.5 Å². The fraction of sp³-hybridized carbons (Fsp3) is 0.167. The van der Waals surface area contributed by atoms with Crippen molar-refractivity contribution in [1.29, 1.82) is 0 Å². The van der Waals surface area contributed by atoms with Crippen molar-refractivity contribution in [2.24, 2.45) is 12.8 Å². The van der Waals surface area contributed by atoms with Gasteiger partial charge in [-0.15, -0.1) is 0 Å². The molecule has 10 heteroatoms. The molecule has 6 nitrogen and oxygen atoms in total. The molecule has 0 saturated heterocycles. The Hall–Kier alpha value is -3.07. The first kappa shape index (κ1) is 19.7. The molecule has 0 aliphatic rings. The van der Waals surface area contributed by atoms with Crippen LogP contribution in [0.5, 0.6) is 0 Å². The van der Waals surface area contributed by atoms with Gasteiger partial charge >= 0.3 is 6.18 Å². The highest BCUT2D eigenvalue weighted by Gasteiger charge is 2.32. The van der Waals surface area contributed by atoms with E-state index in [1.807, 2.05) is 0 Å². The van der Waals surface area contributed by atoms with Gasteiger partial charge in [0.15, 0.2) is 0 Å². The Balaban J connectivity index is 2.27. The molecule has 0 saturated carbocycles. The maximum atomic E-state index is 13.1. The zero-order valence-electron chi connectivity index (χ0n) is 14.8.